The van der Waals surface area contributed by atoms with E-state index in [9.17, 15) is 19.1 Å². The minimum Gasteiger partial charge on any atom is -0.507 e. The van der Waals surface area contributed by atoms with Crippen LogP contribution in [0.4, 0.5) is 4.39 Å². The van der Waals surface area contributed by atoms with Crippen LogP contribution in [0.3, 0.4) is 0 Å². The molecule has 0 aliphatic carbocycles. The Morgan fingerprint density at radius 1 is 0.971 bits per heavy atom. The minimum absolute atomic E-state index is 0.0141. The number of likely N-dealkylation sites (N-methyl/N-ethyl adjacent to an activating group) is 1. The molecule has 2 aromatic rings. The van der Waals surface area contributed by atoms with Crippen molar-refractivity contribution >= 4 is 17.4 Å². The smallest absolute Gasteiger partial charge is 0.295 e. The molecule has 35 heavy (non-hydrogen) atoms. The number of likely N-dealkylation sites (tertiary alicyclic amines) is 1. The lowest BCUT2D eigenvalue weighted by Gasteiger charge is -2.28. The molecule has 3 rings (SSSR count). The molecule has 1 aliphatic rings. The molecule has 0 radical (unpaired) electrons. The second-order valence-electron chi connectivity index (χ2n) is 7.98. The van der Waals surface area contributed by atoms with E-state index in [1.807, 2.05) is 13.8 Å². The molecule has 188 valence electrons. The predicted octanol–water partition coefficient (Wildman–Crippen LogP) is 3.62. The quantitative estimate of drug-likeness (QED) is 0.312. The number of carbonyl (C=O) groups excluding carboxylic acids is 2. The summed E-state index contributed by atoms with van der Waals surface area (Å²) in [5.74, 6) is -1.67. The van der Waals surface area contributed by atoms with Crippen molar-refractivity contribution in [3.63, 3.8) is 0 Å². The molecule has 0 aromatic heterocycles. The molecule has 1 N–H and O–H groups in total. The predicted molar refractivity (Wildman–Crippen MR) is 129 cm³/mol. The van der Waals surface area contributed by atoms with Gasteiger partial charge in [-0.2, -0.15) is 0 Å². The van der Waals surface area contributed by atoms with Crippen LogP contribution in [-0.4, -0.2) is 74.1 Å². The highest BCUT2D eigenvalue weighted by atomic mass is 19.1. The van der Waals surface area contributed by atoms with Crippen molar-refractivity contribution < 1.29 is 33.3 Å². The number of ether oxygens (including phenoxy) is 3. The van der Waals surface area contributed by atoms with Crippen molar-refractivity contribution in [1.82, 2.24) is 9.80 Å². The van der Waals surface area contributed by atoms with E-state index in [1.54, 1.807) is 18.2 Å². The molecule has 1 saturated heterocycles. The number of aliphatic hydroxyl groups is 1. The number of hydrogen-bond acceptors (Lipinski definition) is 7. The van der Waals surface area contributed by atoms with Crippen LogP contribution in [0.1, 0.15) is 31.0 Å². The van der Waals surface area contributed by atoms with Crippen LogP contribution >= 0.6 is 0 Å². The van der Waals surface area contributed by atoms with Gasteiger partial charge in [0.2, 0.25) is 0 Å². The number of halogens is 1. The first kappa shape index (κ1) is 26.0. The van der Waals surface area contributed by atoms with Gasteiger partial charge < -0.3 is 29.1 Å². The standard InChI is InChI=1S/C26H31FN2O6/c1-6-28(7-2)12-13-29-23(16-8-10-20(34-4)21(14-16)35-5)22(25(31)26(29)32)24(30)18-15-17(27)9-11-19(18)33-3/h8-11,14-15,23,30H,6-7,12-13H2,1-5H3/b24-22+. The van der Waals surface area contributed by atoms with Crippen molar-refractivity contribution in [3.05, 3.63) is 58.9 Å². The highest BCUT2D eigenvalue weighted by Crippen LogP contribution is 2.43. The Bertz CT molecular complexity index is 1130. The average Bonchev–Trinajstić information content (AvgIpc) is 3.13. The third-order valence-electron chi connectivity index (χ3n) is 6.23. The van der Waals surface area contributed by atoms with Gasteiger partial charge in [-0.3, -0.25) is 9.59 Å². The molecule has 0 bridgehead atoms. The zero-order valence-electron chi connectivity index (χ0n) is 20.6. The Morgan fingerprint density at radius 2 is 1.60 bits per heavy atom. The van der Waals surface area contributed by atoms with Gasteiger partial charge in [0.1, 0.15) is 17.3 Å². The molecule has 1 heterocycles. The number of hydrogen-bond donors (Lipinski definition) is 1. The van der Waals surface area contributed by atoms with E-state index in [2.05, 4.69) is 4.90 Å². The lowest BCUT2D eigenvalue weighted by Crippen LogP contribution is -2.38. The molecule has 1 fully saturated rings. The molecule has 1 unspecified atom stereocenters. The van der Waals surface area contributed by atoms with Crippen LogP contribution in [0.25, 0.3) is 5.76 Å². The highest BCUT2D eigenvalue weighted by molar-refractivity contribution is 6.46. The van der Waals surface area contributed by atoms with Gasteiger partial charge in [0, 0.05) is 13.1 Å². The monoisotopic (exact) mass is 486 g/mol. The molecule has 9 heteroatoms. The largest absolute Gasteiger partial charge is 0.507 e. The van der Waals surface area contributed by atoms with Gasteiger partial charge in [0.05, 0.1) is 38.5 Å². The number of benzene rings is 2. The third kappa shape index (κ3) is 5.09. The summed E-state index contributed by atoms with van der Waals surface area (Å²) in [7, 11) is 4.36. The van der Waals surface area contributed by atoms with E-state index in [0.29, 0.717) is 23.6 Å². The summed E-state index contributed by atoms with van der Waals surface area (Å²) in [5.41, 5.74) is 0.378. The Hall–Kier alpha value is -3.59. The van der Waals surface area contributed by atoms with E-state index in [4.69, 9.17) is 14.2 Å². The van der Waals surface area contributed by atoms with Crippen LogP contribution < -0.4 is 14.2 Å². The lowest BCUT2D eigenvalue weighted by molar-refractivity contribution is -0.140. The van der Waals surface area contributed by atoms with Gasteiger partial charge in [0.25, 0.3) is 11.7 Å². The molecular weight excluding hydrogens is 455 g/mol. The summed E-state index contributed by atoms with van der Waals surface area (Å²) in [6.45, 7) is 6.37. The summed E-state index contributed by atoms with van der Waals surface area (Å²) in [5, 5.41) is 11.3. The minimum atomic E-state index is -0.918. The first-order chi connectivity index (χ1) is 16.8. The normalized spacial score (nSPS) is 17.2. The van der Waals surface area contributed by atoms with Crippen molar-refractivity contribution in [2.24, 2.45) is 0 Å². The molecular formula is C26H31FN2O6. The fourth-order valence-electron chi connectivity index (χ4n) is 4.28. The van der Waals surface area contributed by atoms with Crippen molar-refractivity contribution in [2.45, 2.75) is 19.9 Å². The van der Waals surface area contributed by atoms with E-state index in [1.165, 1.54) is 38.4 Å². The summed E-state index contributed by atoms with van der Waals surface area (Å²) in [6, 6.07) is 7.73. The molecule has 1 amide bonds. The maximum atomic E-state index is 14.1. The second kappa shape index (κ2) is 11.2. The fourth-order valence-corrected chi connectivity index (χ4v) is 4.28. The van der Waals surface area contributed by atoms with Gasteiger partial charge in [-0.05, 0) is 49.0 Å². The number of Topliss-reactive ketones (excluding diaryl/α,β-unsaturated/α-hetero) is 1. The highest BCUT2D eigenvalue weighted by Gasteiger charge is 2.46. The summed E-state index contributed by atoms with van der Waals surface area (Å²) >= 11 is 0. The van der Waals surface area contributed by atoms with Crippen LogP contribution in [0.5, 0.6) is 17.2 Å². The molecule has 0 saturated carbocycles. The van der Waals surface area contributed by atoms with Crippen LogP contribution in [0.15, 0.2) is 42.0 Å². The Morgan fingerprint density at radius 3 is 2.20 bits per heavy atom. The third-order valence-corrected chi connectivity index (χ3v) is 6.23. The summed E-state index contributed by atoms with van der Waals surface area (Å²) < 4.78 is 30.1. The molecule has 8 nitrogen and oxygen atoms in total. The van der Waals surface area contributed by atoms with E-state index in [-0.39, 0.29) is 23.4 Å². The van der Waals surface area contributed by atoms with Crippen LogP contribution in [0.2, 0.25) is 0 Å². The SMILES string of the molecule is CCN(CC)CCN1C(=O)C(=O)/C(=C(/O)c2cc(F)ccc2OC)C1c1ccc(OC)c(OC)c1. The number of methoxy groups -OCH3 is 3. The number of nitrogens with zero attached hydrogens (tertiary/aromatic N) is 2. The topological polar surface area (TPSA) is 88.5 Å². The number of carbonyl (C=O) groups is 2. The van der Waals surface area contributed by atoms with Gasteiger partial charge >= 0.3 is 0 Å². The molecule has 0 spiro atoms. The van der Waals surface area contributed by atoms with Crippen LogP contribution in [0, 0.1) is 5.82 Å². The number of amides is 1. The molecule has 1 aliphatic heterocycles. The lowest BCUT2D eigenvalue weighted by atomic mass is 9.94. The first-order valence-electron chi connectivity index (χ1n) is 11.4. The van der Waals surface area contributed by atoms with E-state index >= 15 is 0 Å². The first-order valence-corrected chi connectivity index (χ1v) is 11.4. The Kier molecular flexibility index (Phi) is 8.34. The number of rotatable bonds is 10. The second-order valence-corrected chi connectivity index (χ2v) is 7.98. The van der Waals surface area contributed by atoms with E-state index < -0.39 is 29.3 Å². The van der Waals surface area contributed by atoms with Gasteiger partial charge in [0.15, 0.2) is 11.5 Å². The summed E-state index contributed by atoms with van der Waals surface area (Å²) in [4.78, 5) is 30.0. The Balaban J connectivity index is 2.21. The molecule has 1 atom stereocenters. The zero-order chi connectivity index (χ0) is 25.7. The van der Waals surface area contributed by atoms with Gasteiger partial charge in [-0.25, -0.2) is 4.39 Å². The fraction of sp³-hybridized carbons (Fsp3) is 0.385. The van der Waals surface area contributed by atoms with Gasteiger partial charge in [-0.1, -0.05) is 19.9 Å². The van der Waals surface area contributed by atoms with Crippen molar-refractivity contribution in [1.29, 1.82) is 0 Å². The number of aliphatic hydroxyl groups excluding tert-OH is 1. The number of ketones is 1. The van der Waals surface area contributed by atoms with Crippen molar-refractivity contribution in [2.75, 3.05) is 47.5 Å². The maximum absolute atomic E-state index is 14.1. The summed E-state index contributed by atoms with van der Waals surface area (Å²) in [6.07, 6.45) is 0. The average molecular weight is 487 g/mol. The molecule has 2 aromatic carbocycles. The van der Waals surface area contributed by atoms with Gasteiger partial charge in [-0.15, -0.1) is 0 Å². The Labute approximate surface area is 204 Å². The maximum Gasteiger partial charge on any atom is 0.295 e. The van der Waals surface area contributed by atoms with Crippen LogP contribution in [-0.2, 0) is 9.59 Å². The van der Waals surface area contributed by atoms with Crippen molar-refractivity contribution in [3.8, 4) is 17.2 Å². The van der Waals surface area contributed by atoms with E-state index in [0.717, 1.165) is 19.2 Å². The zero-order valence-corrected chi connectivity index (χ0v) is 20.6.